The standard InChI is InChI=1S/C13H21NO/c1-10(9-14)13-7-5-12(6-8-13)4-3-11(2)15/h5-8,10-11,15H,3-4,9,14H2,1-2H3. The van der Waals surface area contributed by atoms with E-state index in [2.05, 4.69) is 31.2 Å². The predicted octanol–water partition coefficient (Wildman–Crippen LogP) is 2.06. The van der Waals surface area contributed by atoms with E-state index >= 15 is 0 Å². The van der Waals surface area contributed by atoms with Crippen LogP contribution < -0.4 is 5.73 Å². The van der Waals surface area contributed by atoms with Crippen molar-refractivity contribution in [3.05, 3.63) is 35.4 Å². The first kappa shape index (κ1) is 12.2. The largest absolute Gasteiger partial charge is 0.393 e. The number of benzene rings is 1. The van der Waals surface area contributed by atoms with Gasteiger partial charge in [0.25, 0.3) is 0 Å². The number of aryl methyl sites for hydroxylation is 1. The molecule has 1 rings (SSSR count). The zero-order valence-corrected chi connectivity index (χ0v) is 9.61. The molecule has 0 bridgehead atoms. The van der Waals surface area contributed by atoms with Crippen LogP contribution in [0.2, 0.25) is 0 Å². The molecule has 0 heterocycles. The average molecular weight is 207 g/mol. The highest BCUT2D eigenvalue weighted by molar-refractivity contribution is 5.25. The van der Waals surface area contributed by atoms with Gasteiger partial charge in [-0.1, -0.05) is 31.2 Å². The normalized spacial score (nSPS) is 14.9. The van der Waals surface area contributed by atoms with Gasteiger partial charge in [0.1, 0.15) is 0 Å². The van der Waals surface area contributed by atoms with E-state index in [1.165, 1.54) is 11.1 Å². The molecule has 0 aromatic heterocycles. The van der Waals surface area contributed by atoms with Crippen molar-refractivity contribution in [2.24, 2.45) is 5.73 Å². The van der Waals surface area contributed by atoms with E-state index in [1.807, 2.05) is 6.92 Å². The summed E-state index contributed by atoms with van der Waals surface area (Å²) in [5, 5.41) is 9.18. The molecule has 0 saturated carbocycles. The molecular formula is C13H21NO. The van der Waals surface area contributed by atoms with Crippen molar-refractivity contribution in [2.75, 3.05) is 6.54 Å². The molecule has 2 unspecified atom stereocenters. The molecule has 0 aliphatic heterocycles. The van der Waals surface area contributed by atoms with Gasteiger partial charge in [-0.15, -0.1) is 0 Å². The highest BCUT2D eigenvalue weighted by Gasteiger charge is 2.03. The number of hydrogen-bond donors (Lipinski definition) is 2. The van der Waals surface area contributed by atoms with Gasteiger partial charge in [0, 0.05) is 0 Å². The van der Waals surface area contributed by atoms with Gasteiger partial charge in [0.15, 0.2) is 0 Å². The highest BCUT2D eigenvalue weighted by Crippen LogP contribution is 2.15. The second-order valence-electron chi connectivity index (χ2n) is 4.27. The lowest BCUT2D eigenvalue weighted by Crippen LogP contribution is -2.08. The molecule has 84 valence electrons. The first-order chi connectivity index (χ1) is 7.13. The maximum atomic E-state index is 9.18. The fraction of sp³-hybridized carbons (Fsp3) is 0.538. The van der Waals surface area contributed by atoms with E-state index in [0.717, 1.165) is 12.8 Å². The van der Waals surface area contributed by atoms with Crippen LogP contribution in [-0.4, -0.2) is 17.8 Å². The van der Waals surface area contributed by atoms with E-state index in [4.69, 9.17) is 5.73 Å². The zero-order chi connectivity index (χ0) is 11.3. The molecule has 0 amide bonds. The Kier molecular flexibility index (Phi) is 4.79. The summed E-state index contributed by atoms with van der Waals surface area (Å²) >= 11 is 0. The van der Waals surface area contributed by atoms with Crippen molar-refractivity contribution < 1.29 is 5.11 Å². The second kappa shape index (κ2) is 5.89. The minimum atomic E-state index is -0.215. The molecule has 1 aromatic carbocycles. The molecule has 2 atom stereocenters. The van der Waals surface area contributed by atoms with E-state index in [9.17, 15) is 5.11 Å². The summed E-state index contributed by atoms with van der Waals surface area (Å²) in [6.07, 6.45) is 1.55. The summed E-state index contributed by atoms with van der Waals surface area (Å²) in [6.45, 7) is 4.64. The van der Waals surface area contributed by atoms with Crippen LogP contribution in [0.1, 0.15) is 37.3 Å². The number of aliphatic hydroxyl groups is 1. The molecule has 1 aromatic rings. The van der Waals surface area contributed by atoms with Crippen molar-refractivity contribution >= 4 is 0 Å². The molecule has 0 aliphatic rings. The Balaban J connectivity index is 2.56. The van der Waals surface area contributed by atoms with Gasteiger partial charge >= 0.3 is 0 Å². The minimum absolute atomic E-state index is 0.215. The molecule has 0 saturated heterocycles. The average Bonchev–Trinajstić information content (AvgIpc) is 2.26. The Morgan fingerprint density at radius 1 is 1.20 bits per heavy atom. The Hall–Kier alpha value is -0.860. The third-order valence-corrected chi connectivity index (χ3v) is 2.75. The Labute approximate surface area is 92.1 Å². The Morgan fingerprint density at radius 3 is 2.27 bits per heavy atom. The van der Waals surface area contributed by atoms with Gasteiger partial charge in [0.2, 0.25) is 0 Å². The van der Waals surface area contributed by atoms with Crippen molar-refractivity contribution in [3.63, 3.8) is 0 Å². The lowest BCUT2D eigenvalue weighted by atomic mass is 9.98. The van der Waals surface area contributed by atoms with Gasteiger partial charge in [-0.25, -0.2) is 0 Å². The van der Waals surface area contributed by atoms with Crippen molar-refractivity contribution in [1.29, 1.82) is 0 Å². The first-order valence-corrected chi connectivity index (χ1v) is 5.60. The maximum absolute atomic E-state index is 9.18. The summed E-state index contributed by atoms with van der Waals surface area (Å²) in [4.78, 5) is 0. The molecule has 15 heavy (non-hydrogen) atoms. The van der Waals surface area contributed by atoms with E-state index in [1.54, 1.807) is 0 Å². The molecule has 0 aliphatic carbocycles. The number of rotatable bonds is 5. The quantitative estimate of drug-likeness (QED) is 0.776. The van der Waals surface area contributed by atoms with E-state index < -0.39 is 0 Å². The fourth-order valence-corrected chi connectivity index (χ4v) is 1.52. The molecule has 0 fully saturated rings. The van der Waals surface area contributed by atoms with Crippen LogP contribution in [0.3, 0.4) is 0 Å². The topological polar surface area (TPSA) is 46.2 Å². The van der Waals surface area contributed by atoms with Crippen LogP contribution in [0.25, 0.3) is 0 Å². The molecular weight excluding hydrogens is 186 g/mol. The van der Waals surface area contributed by atoms with Crippen molar-refractivity contribution in [2.45, 2.75) is 38.7 Å². The predicted molar refractivity (Wildman–Crippen MR) is 63.9 cm³/mol. The van der Waals surface area contributed by atoms with Crippen molar-refractivity contribution in [3.8, 4) is 0 Å². The minimum Gasteiger partial charge on any atom is -0.393 e. The highest BCUT2D eigenvalue weighted by atomic mass is 16.3. The van der Waals surface area contributed by atoms with Crippen LogP contribution in [0.5, 0.6) is 0 Å². The smallest absolute Gasteiger partial charge is 0.0515 e. The third kappa shape index (κ3) is 4.02. The lowest BCUT2D eigenvalue weighted by Gasteiger charge is -2.10. The Bertz CT molecular complexity index is 279. The summed E-state index contributed by atoms with van der Waals surface area (Å²) in [7, 11) is 0. The van der Waals surface area contributed by atoms with Crippen LogP contribution in [-0.2, 0) is 6.42 Å². The molecule has 0 radical (unpaired) electrons. The van der Waals surface area contributed by atoms with Crippen molar-refractivity contribution in [1.82, 2.24) is 0 Å². The van der Waals surface area contributed by atoms with Gasteiger partial charge < -0.3 is 10.8 Å². The number of nitrogens with two attached hydrogens (primary N) is 1. The van der Waals surface area contributed by atoms with Gasteiger partial charge in [-0.3, -0.25) is 0 Å². The first-order valence-electron chi connectivity index (χ1n) is 5.60. The van der Waals surface area contributed by atoms with Gasteiger partial charge in [-0.2, -0.15) is 0 Å². The summed E-state index contributed by atoms with van der Waals surface area (Å²) in [6, 6.07) is 8.53. The molecule has 0 spiro atoms. The second-order valence-corrected chi connectivity index (χ2v) is 4.27. The summed E-state index contributed by atoms with van der Waals surface area (Å²) < 4.78 is 0. The zero-order valence-electron chi connectivity index (χ0n) is 9.61. The fourth-order valence-electron chi connectivity index (χ4n) is 1.52. The molecule has 2 heteroatoms. The van der Waals surface area contributed by atoms with Crippen LogP contribution in [0.4, 0.5) is 0 Å². The summed E-state index contributed by atoms with van der Waals surface area (Å²) in [5.74, 6) is 0.427. The number of hydrogen-bond acceptors (Lipinski definition) is 2. The third-order valence-electron chi connectivity index (χ3n) is 2.75. The van der Waals surface area contributed by atoms with E-state index in [-0.39, 0.29) is 6.10 Å². The van der Waals surface area contributed by atoms with Gasteiger partial charge in [0.05, 0.1) is 6.10 Å². The van der Waals surface area contributed by atoms with Crippen LogP contribution in [0, 0.1) is 0 Å². The maximum Gasteiger partial charge on any atom is 0.0515 e. The number of aliphatic hydroxyl groups excluding tert-OH is 1. The Morgan fingerprint density at radius 2 is 1.80 bits per heavy atom. The van der Waals surface area contributed by atoms with E-state index in [0.29, 0.717) is 12.5 Å². The van der Waals surface area contributed by atoms with Crippen LogP contribution in [0.15, 0.2) is 24.3 Å². The molecule has 3 N–H and O–H groups in total. The lowest BCUT2D eigenvalue weighted by molar-refractivity contribution is 0.185. The van der Waals surface area contributed by atoms with Crippen LogP contribution >= 0.6 is 0 Å². The van der Waals surface area contributed by atoms with Gasteiger partial charge in [-0.05, 0) is 43.4 Å². The monoisotopic (exact) mass is 207 g/mol. The summed E-state index contributed by atoms with van der Waals surface area (Å²) in [5.41, 5.74) is 8.18. The molecule has 2 nitrogen and oxygen atoms in total. The SMILES string of the molecule is CC(O)CCc1ccc(C(C)CN)cc1.